The van der Waals surface area contributed by atoms with Crippen molar-refractivity contribution in [3.63, 3.8) is 0 Å². The summed E-state index contributed by atoms with van der Waals surface area (Å²) in [5.74, 6) is -0.548. The number of carbonyl (C=O) groups is 3. The number of hydrogen-bond donors (Lipinski definition) is 4. The van der Waals surface area contributed by atoms with Gasteiger partial charge in [0.05, 0.1) is 6.10 Å². The lowest BCUT2D eigenvalue weighted by molar-refractivity contribution is -0.132. The number of benzene rings is 1. The molecule has 9 heteroatoms. The Morgan fingerprint density at radius 2 is 1.76 bits per heavy atom. The summed E-state index contributed by atoms with van der Waals surface area (Å²) < 4.78 is 11.5. The summed E-state index contributed by atoms with van der Waals surface area (Å²) in [6, 6.07) is 4.82. The van der Waals surface area contributed by atoms with Crippen LogP contribution in [0.5, 0.6) is 5.75 Å². The highest BCUT2D eigenvalue weighted by Gasteiger charge is 2.37. The fraction of sp³-hybridized carbons (Fsp3) is 0.640. The Balaban J connectivity index is 2.47. The third-order valence-electron chi connectivity index (χ3n) is 5.29. The molecule has 0 radical (unpaired) electrons. The third-order valence-corrected chi connectivity index (χ3v) is 5.29. The number of fused-ring (bicyclic) bond motifs is 11. The number of alkyl carbamates (subject to hydrolysis) is 1. The fourth-order valence-corrected chi connectivity index (χ4v) is 3.65. The normalized spacial score (nSPS) is 24.2. The maximum absolute atomic E-state index is 13.5. The Labute approximate surface area is 202 Å². The van der Waals surface area contributed by atoms with Gasteiger partial charge in [-0.2, -0.15) is 0 Å². The molecule has 2 bridgehead atoms. The quantitative estimate of drug-likeness (QED) is 0.528. The highest BCUT2D eigenvalue weighted by Crippen LogP contribution is 2.23. The third kappa shape index (κ3) is 8.20. The molecule has 2 aliphatic rings. The van der Waals surface area contributed by atoms with Gasteiger partial charge in [0.25, 0.3) is 0 Å². The first kappa shape index (κ1) is 27.4. The van der Waals surface area contributed by atoms with Gasteiger partial charge in [0.15, 0.2) is 0 Å². The lowest BCUT2D eigenvalue weighted by Crippen LogP contribution is -2.60. The summed E-state index contributed by atoms with van der Waals surface area (Å²) in [6.45, 7) is 12.8. The van der Waals surface area contributed by atoms with Crippen molar-refractivity contribution >= 4 is 17.9 Å². The van der Waals surface area contributed by atoms with Crippen LogP contribution in [0.25, 0.3) is 0 Å². The van der Waals surface area contributed by atoms with E-state index in [0.717, 1.165) is 0 Å². The van der Waals surface area contributed by atoms with Crippen molar-refractivity contribution in [3.05, 3.63) is 29.8 Å². The van der Waals surface area contributed by atoms with E-state index >= 15 is 0 Å². The van der Waals surface area contributed by atoms with Crippen LogP contribution in [0.15, 0.2) is 24.3 Å². The maximum Gasteiger partial charge on any atom is 0.408 e. The van der Waals surface area contributed by atoms with E-state index in [2.05, 4.69) is 16.0 Å². The van der Waals surface area contributed by atoms with Crippen molar-refractivity contribution in [1.29, 1.82) is 0 Å². The highest BCUT2D eigenvalue weighted by atomic mass is 16.6. The number of carbonyl (C=O) groups excluding carboxylic acids is 3. The van der Waals surface area contributed by atoms with Crippen LogP contribution >= 0.6 is 0 Å². The van der Waals surface area contributed by atoms with E-state index < -0.39 is 47.8 Å². The zero-order valence-electron chi connectivity index (χ0n) is 21.2. The molecule has 34 heavy (non-hydrogen) atoms. The van der Waals surface area contributed by atoms with E-state index in [1.807, 2.05) is 27.7 Å². The van der Waals surface area contributed by atoms with Crippen molar-refractivity contribution in [2.45, 2.75) is 84.8 Å². The lowest BCUT2D eigenvalue weighted by Gasteiger charge is -2.33. The maximum atomic E-state index is 13.5. The van der Waals surface area contributed by atoms with Crippen molar-refractivity contribution in [2.24, 2.45) is 11.8 Å². The van der Waals surface area contributed by atoms with E-state index in [9.17, 15) is 19.5 Å². The Hall–Kier alpha value is -2.81. The second-order valence-electron chi connectivity index (χ2n) is 10.5. The van der Waals surface area contributed by atoms with E-state index in [0.29, 0.717) is 17.7 Å². The van der Waals surface area contributed by atoms with Crippen LogP contribution in [-0.4, -0.2) is 53.3 Å². The Morgan fingerprint density at radius 1 is 1.15 bits per heavy atom. The number of hydrogen-bond acceptors (Lipinski definition) is 6. The summed E-state index contributed by atoms with van der Waals surface area (Å²) in [5.41, 5.74) is -0.133. The fourth-order valence-electron chi connectivity index (χ4n) is 3.65. The first-order chi connectivity index (χ1) is 15.8. The molecule has 3 amide bonds. The summed E-state index contributed by atoms with van der Waals surface area (Å²) in [7, 11) is 0. The van der Waals surface area contributed by atoms with Gasteiger partial charge in [-0.1, -0.05) is 39.8 Å². The van der Waals surface area contributed by atoms with Crippen molar-refractivity contribution < 1.29 is 29.0 Å². The van der Waals surface area contributed by atoms with E-state index in [1.165, 1.54) is 0 Å². The van der Waals surface area contributed by atoms with Crippen LogP contribution in [0.4, 0.5) is 4.79 Å². The van der Waals surface area contributed by atoms with Crippen LogP contribution in [0.1, 0.15) is 66.6 Å². The first-order valence-electron chi connectivity index (χ1n) is 11.8. The molecule has 4 N–H and O–H groups in total. The van der Waals surface area contributed by atoms with Crippen molar-refractivity contribution in [1.82, 2.24) is 16.0 Å². The topological polar surface area (TPSA) is 126 Å². The predicted octanol–water partition coefficient (Wildman–Crippen LogP) is 2.68. The molecule has 4 atom stereocenters. The van der Waals surface area contributed by atoms with Crippen molar-refractivity contribution in [3.8, 4) is 5.75 Å². The predicted molar refractivity (Wildman–Crippen MR) is 128 cm³/mol. The molecule has 0 aromatic heterocycles. The molecular weight excluding hydrogens is 438 g/mol. The molecular formula is C25H39N3O6. The number of rotatable bonds is 4. The van der Waals surface area contributed by atoms with Crippen molar-refractivity contribution in [2.75, 3.05) is 6.54 Å². The monoisotopic (exact) mass is 477 g/mol. The minimum absolute atomic E-state index is 0.00227. The smallest absolute Gasteiger partial charge is 0.408 e. The molecule has 0 unspecified atom stereocenters. The van der Waals surface area contributed by atoms with Crippen LogP contribution in [0.2, 0.25) is 0 Å². The zero-order valence-corrected chi connectivity index (χ0v) is 21.2. The second-order valence-corrected chi connectivity index (χ2v) is 10.5. The largest absolute Gasteiger partial charge is 0.487 e. The number of amides is 3. The van der Waals surface area contributed by atoms with Crippen LogP contribution in [-0.2, 0) is 14.3 Å². The first-order valence-corrected chi connectivity index (χ1v) is 11.8. The Bertz CT molecular complexity index is 847. The number of nitrogens with one attached hydrogen (secondary N) is 3. The van der Waals surface area contributed by atoms with Crippen LogP contribution in [0, 0.1) is 11.8 Å². The summed E-state index contributed by atoms with van der Waals surface area (Å²) in [5, 5.41) is 18.6. The molecule has 9 nitrogen and oxygen atoms in total. The van der Waals surface area contributed by atoms with Gasteiger partial charge >= 0.3 is 6.09 Å². The van der Waals surface area contributed by atoms with Gasteiger partial charge in [-0.05, 0) is 56.7 Å². The van der Waals surface area contributed by atoms with Crippen LogP contribution < -0.4 is 20.7 Å². The van der Waals surface area contributed by atoms with Gasteiger partial charge < -0.3 is 30.5 Å². The molecule has 190 valence electrons. The van der Waals surface area contributed by atoms with E-state index in [4.69, 9.17) is 9.47 Å². The number of aliphatic hydroxyl groups excluding tert-OH is 1. The molecule has 1 aromatic rings. The molecule has 1 aromatic carbocycles. The molecule has 0 aliphatic carbocycles. The molecule has 2 heterocycles. The molecule has 0 saturated carbocycles. The molecule has 0 fully saturated rings. The summed E-state index contributed by atoms with van der Waals surface area (Å²) >= 11 is 0. The van der Waals surface area contributed by atoms with Gasteiger partial charge in [0.2, 0.25) is 11.8 Å². The van der Waals surface area contributed by atoms with Crippen LogP contribution in [0.3, 0.4) is 0 Å². The minimum atomic E-state index is -1.12. The second kappa shape index (κ2) is 11.6. The minimum Gasteiger partial charge on any atom is -0.487 e. The standard InChI is InChI=1S/C25H39N3O6/c1-14(2)12-18-22(30)26-13-19(29)16-8-10-17(11-9-16)33-21(15(3)4)20(23(31)27-18)28-24(32)34-25(5,6)7/h8-11,14-15,18-21,29H,12-13H2,1-7H3,(H,26,30)(H,27,31)(H,28,32)/t18-,19+,20-,21+/m0/s1. The number of aliphatic hydroxyl groups is 1. The van der Waals surface area contributed by atoms with Gasteiger partial charge in [-0.15, -0.1) is 0 Å². The summed E-state index contributed by atoms with van der Waals surface area (Å²) in [4.78, 5) is 39.0. The Morgan fingerprint density at radius 3 is 2.29 bits per heavy atom. The van der Waals surface area contributed by atoms with Gasteiger partial charge in [-0.3, -0.25) is 9.59 Å². The Kier molecular flexibility index (Phi) is 9.32. The molecule has 3 rings (SSSR count). The van der Waals surface area contributed by atoms with Gasteiger partial charge in [0, 0.05) is 6.54 Å². The average molecular weight is 478 g/mol. The highest BCUT2D eigenvalue weighted by molar-refractivity contribution is 5.91. The SMILES string of the molecule is CC(C)C[C@@H]1NC(=O)[C@@H](NC(=O)OC(C)(C)C)[C@@H](C(C)C)Oc2ccc(cc2)[C@H](O)CNC1=O. The average Bonchev–Trinajstić information content (AvgIpc) is 2.71. The number of ether oxygens (including phenoxy) is 2. The van der Waals surface area contributed by atoms with Gasteiger partial charge in [0.1, 0.15) is 29.5 Å². The molecule has 2 aliphatic heterocycles. The van der Waals surface area contributed by atoms with E-state index in [1.54, 1.807) is 45.0 Å². The van der Waals surface area contributed by atoms with Gasteiger partial charge in [-0.25, -0.2) is 4.79 Å². The zero-order chi connectivity index (χ0) is 25.6. The summed E-state index contributed by atoms with van der Waals surface area (Å²) in [6.07, 6.45) is -2.03. The molecule has 0 spiro atoms. The van der Waals surface area contributed by atoms with E-state index in [-0.39, 0.29) is 18.4 Å². The lowest BCUT2D eigenvalue weighted by atomic mass is 9.96. The molecule has 0 saturated heterocycles.